The van der Waals surface area contributed by atoms with Crippen LogP contribution in [0, 0.1) is 0 Å². The highest BCUT2D eigenvalue weighted by atomic mass is 32.1. The molecular formula is C30H24N4O4S. The van der Waals surface area contributed by atoms with Crippen molar-refractivity contribution in [2.24, 2.45) is 14.1 Å². The molecule has 6 rings (SSSR count). The predicted octanol–water partition coefficient (Wildman–Crippen LogP) is 4.61. The summed E-state index contributed by atoms with van der Waals surface area (Å²) in [6.07, 6.45) is 0. The molecule has 0 spiro atoms. The number of fused-ring (bicyclic) bond motifs is 2. The Morgan fingerprint density at radius 3 is 2.31 bits per heavy atom. The zero-order valence-corrected chi connectivity index (χ0v) is 22.3. The van der Waals surface area contributed by atoms with Crippen LogP contribution in [0.5, 0.6) is 0 Å². The molecule has 1 aliphatic heterocycles. The second-order valence-corrected chi connectivity index (χ2v) is 10.3. The summed E-state index contributed by atoms with van der Waals surface area (Å²) in [5.41, 5.74) is 4.11. The first-order valence-corrected chi connectivity index (χ1v) is 13.1. The number of anilines is 1. The zero-order chi connectivity index (χ0) is 27.3. The molecule has 0 unspecified atom stereocenters. The summed E-state index contributed by atoms with van der Waals surface area (Å²) >= 11 is 1.54. The number of esters is 1. The smallest absolute Gasteiger partial charge is 0.337 e. The summed E-state index contributed by atoms with van der Waals surface area (Å²) in [5, 5.41) is 4.20. The van der Waals surface area contributed by atoms with E-state index in [-0.39, 0.29) is 0 Å². The van der Waals surface area contributed by atoms with Crippen molar-refractivity contribution in [2.75, 3.05) is 12.4 Å². The number of nitrogens with zero attached hydrogens (tertiary/aromatic N) is 3. The van der Waals surface area contributed by atoms with Gasteiger partial charge in [0, 0.05) is 25.6 Å². The quantitative estimate of drug-likeness (QED) is 0.337. The molecular weight excluding hydrogens is 512 g/mol. The van der Waals surface area contributed by atoms with E-state index in [1.165, 1.54) is 18.7 Å². The summed E-state index contributed by atoms with van der Waals surface area (Å²) in [7, 11) is 4.47. The van der Waals surface area contributed by atoms with Crippen LogP contribution in [0.1, 0.15) is 38.0 Å². The van der Waals surface area contributed by atoms with Crippen LogP contribution in [-0.4, -0.2) is 27.2 Å². The van der Waals surface area contributed by atoms with Crippen LogP contribution in [0.25, 0.3) is 21.5 Å². The Balaban J connectivity index is 1.72. The molecule has 1 atom stereocenters. The number of rotatable bonds is 4. The van der Waals surface area contributed by atoms with E-state index in [0.29, 0.717) is 16.9 Å². The SMILES string of the molecule is COC(=O)c1ccc([C@@H]2C(c3nc4ccccc4s3)=C(c3ccccc3)Nc3c2c(=O)n(C)c(=O)n3C)cc1. The van der Waals surface area contributed by atoms with Crippen molar-refractivity contribution >= 4 is 44.6 Å². The summed E-state index contributed by atoms with van der Waals surface area (Å²) < 4.78 is 8.49. The minimum atomic E-state index is -0.575. The van der Waals surface area contributed by atoms with Crippen LogP contribution < -0.4 is 16.6 Å². The summed E-state index contributed by atoms with van der Waals surface area (Å²) in [5.74, 6) is -0.597. The van der Waals surface area contributed by atoms with Crippen LogP contribution in [-0.2, 0) is 18.8 Å². The second-order valence-electron chi connectivity index (χ2n) is 9.28. The maximum atomic E-state index is 13.8. The van der Waals surface area contributed by atoms with Gasteiger partial charge in [0.25, 0.3) is 5.56 Å². The summed E-state index contributed by atoms with van der Waals surface area (Å²) in [6.45, 7) is 0. The van der Waals surface area contributed by atoms with Crippen molar-refractivity contribution in [3.05, 3.63) is 127 Å². The second kappa shape index (κ2) is 9.52. The highest BCUT2D eigenvalue weighted by Gasteiger charge is 2.37. The summed E-state index contributed by atoms with van der Waals surface area (Å²) in [4.78, 5) is 43.9. The maximum absolute atomic E-state index is 13.8. The minimum absolute atomic E-state index is 0.395. The van der Waals surface area contributed by atoms with Crippen LogP contribution >= 0.6 is 11.3 Å². The molecule has 1 aliphatic rings. The van der Waals surface area contributed by atoms with Crippen molar-refractivity contribution < 1.29 is 9.53 Å². The topological polar surface area (TPSA) is 95.2 Å². The number of allylic oxidation sites excluding steroid dienone is 1. The Labute approximate surface area is 227 Å². The number of nitrogens with one attached hydrogen (secondary N) is 1. The number of ether oxygens (including phenoxy) is 1. The Morgan fingerprint density at radius 2 is 1.62 bits per heavy atom. The van der Waals surface area contributed by atoms with Gasteiger partial charge in [-0.15, -0.1) is 11.3 Å². The van der Waals surface area contributed by atoms with Gasteiger partial charge in [0.05, 0.1) is 34.2 Å². The summed E-state index contributed by atoms with van der Waals surface area (Å²) in [6, 6.07) is 24.7. The molecule has 0 fully saturated rings. The standard InChI is InChI=1S/C30H24N4O4S/c1-33-26-24(28(35)34(2)30(33)37)22(17-13-15-19(16-14-17)29(36)38-3)23(25(32-26)18-9-5-4-6-10-18)27-31-20-11-7-8-12-21(20)39-27/h4-16,22,32H,1-3H3/t22-/m1/s1. The molecule has 0 amide bonds. The molecule has 1 N–H and O–H groups in total. The molecule has 0 saturated heterocycles. The number of carbonyl (C=O) groups is 1. The highest BCUT2D eigenvalue weighted by Crippen LogP contribution is 2.48. The number of thiazole rings is 1. The lowest BCUT2D eigenvalue weighted by Gasteiger charge is -2.32. The third-order valence-electron chi connectivity index (χ3n) is 7.04. The van der Waals surface area contributed by atoms with E-state index in [4.69, 9.17) is 9.72 Å². The first-order valence-electron chi connectivity index (χ1n) is 12.3. The zero-order valence-electron chi connectivity index (χ0n) is 21.5. The van der Waals surface area contributed by atoms with Crippen LogP contribution in [0.15, 0.2) is 88.5 Å². The normalized spacial score (nSPS) is 14.7. The Kier molecular flexibility index (Phi) is 6.00. The van der Waals surface area contributed by atoms with Gasteiger partial charge in [-0.1, -0.05) is 54.6 Å². The van der Waals surface area contributed by atoms with Gasteiger partial charge in [0.1, 0.15) is 10.8 Å². The van der Waals surface area contributed by atoms with Gasteiger partial charge >= 0.3 is 11.7 Å². The molecule has 39 heavy (non-hydrogen) atoms. The van der Waals surface area contributed by atoms with Crippen molar-refractivity contribution in [1.82, 2.24) is 14.1 Å². The van der Waals surface area contributed by atoms with Gasteiger partial charge in [-0.25, -0.2) is 14.6 Å². The van der Waals surface area contributed by atoms with Gasteiger partial charge in [0.15, 0.2) is 0 Å². The number of methoxy groups -OCH3 is 1. The molecule has 0 bridgehead atoms. The molecule has 2 aromatic heterocycles. The highest BCUT2D eigenvalue weighted by molar-refractivity contribution is 7.19. The third-order valence-corrected chi connectivity index (χ3v) is 8.11. The van der Waals surface area contributed by atoms with Gasteiger partial charge in [-0.3, -0.25) is 13.9 Å². The Bertz CT molecular complexity index is 1870. The molecule has 9 heteroatoms. The molecule has 5 aromatic rings. The molecule has 0 radical (unpaired) electrons. The van der Waals surface area contributed by atoms with Gasteiger partial charge in [-0.2, -0.15) is 0 Å². The molecule has 0 aliphatic carbocycles. The van der Waals surface area contributed by atoms with Crippen molar-refractivity contribution in [2.45, 2.75) is 5.92 Å². The van der Waals surface area contributed by atoms with Crippen LogP contribution in [0.2, 0.25) is 0 Å². The van der Waals surface area contributed by atoms with Crippen LogP contribution in [0.3, 0.4) is 0 Å². The van der Waals surface area contributed by atoms with E-state index in [9.17, 15) is 14.4 Å². The van der Waals surface area contributed by atoms with E-state index >= 15 is 0 Å². The monoisotopic (exact) mass is 536 g/mol. The number of hydrogen-bond acceptors (Lipinski definition) is 7. The average Bonchev–Trinajstić information content (AvgIpc) is 3.42. The van der Waals surface area contributed by atoms with E-state index in [1.807, 2.05) is 66.7 Å². The first-order chi connectivity index (χ1) is 18.9. The third kappa shape index (κ3) is 3.98. The van der Waals surface area contributed by atoms with Crippen molar-refractivity contribution in [3.63, 3.8) is 0 Å². The molecule has 194 valence electrons. The van der Waals surface area contributed by atoms with Crippen LogP contribution in [0.4, 0.5) is 5.82 Å². The lowest BCUT2D eigenvalue weighted by molar-refractivity contribution is 0.0600. The maximum Gasteiger partial charge on any atom is 0.337 e. The minimum Gasteiger partial charge on any atom is -0.465 e. The number of benzene rings is 3. The average molecular weight is 537 g/mol. The largest absolute Gasteiger partial charge is 0.465 e. The molecule has 3 heterocycles. The molecule has 0 saturated carbocycles. The van der Waals surface area contributed by atoms with E-state index in [0.717, 1.165) is 42.2 Å². The van der Waals surface area contributed by atoms with Crippen molar-refractivity contribution in [1.29, 1.82) is 0 Å². The lowest BCUT2D eigenvalue weighted by Crippen LogP contribution is -2.42. The lowest BCUT2D eigenvalue weighted by atomic mass is 9.81. The van der Waals surface area contributed by atoms with E-state index < -0.39 is 23.1 Å². The van der Waals surface area contributed by atoms with Gasteiger partial charge in [0.2, 0.25) is 0 Å². The molecule has 3 aromatic carbocycles. The fraction of sp³-hybridized carbons (Fsp3) is 0.133. The number of para-hydroxylation sites is 1. The van der Waals surface area contributed by atoms with Crippen molar-refractivity contribution in [3.8, 4) is 0 Å². The fourth-order valence-corrected chi connectivity index (χ4v) is 6.12. The van der Waals surface area contributed by atoms with E-state index in [2.05, 4.69) is 5.32 Å². The number of carbonyl (C=O) groups excluding carboxylic acids is 1. The predicted molar refractivity (Wildman–Crippen MR) is 153 cm³/mol. The van der Waals surface area contributed by atoms with E-state index in [1.54, 1.807) is 30.5 Å². The fourth-order valence-electron chi connectivity index (χ4n) is 5.07. The van der Waals surface area contributed by atoms with Gasteiger partial charge < -0.3 is 10.1 Å². The first kappa shape index (κ1) is 24.6. The molecule has 8 nitrogen and oxygen atoms in total. The Morgan fingerprint density at radius 1 is 0.923 bits per heavy atom. The van der Waals surface area contributed by atoms with Gasteiger partial charge in [-0.05, 0) is 35.4 Å². The Hall–Kier alpha value is -4.76. The number of aromatic nitrogens is 3. The number of hydrogen-bond donors (Lipinski definition) is 1.